The highest BCUT2D eigenvalue weighted by Crippen LogP contribution is 2.22. The van der Waals surface area contributed by atoms with Gasteiger partial charge in [-0.25, -0.2) is 4.79 Å². The van der Waals surface area contributed by atoms with E-state index in [0.717, 1.165) is 11.3 Å². The lowest BCUT2D eigenvalue weighted by Crippen LogP contribution is -2.12. The number of nitrogens with zero attached hydrogens (tertiary/aromatic N) is 2. The molecule has 0 aliphatic rings. The predicted molar refractivity (Wildman–Crippen MR) is 98.2 cm³/mol. The summed E-state index contributed by atoms with van der Waals surface area (Å²) in [6.07, 6.45) is 0. The van der Waals surface area contributed by atoms with Gasteiger partial charge in [0, 0.05) is 18.8 Å². The van der Waals surface area contributed by atoms with Gasteiger partial charge in [-0.15, -0.1) is 0 Å². The van der Waals surface area contributed by atoms with E-state index in [1.165, 1.54) is 5.56 Å². The van der Waals surface area contributed by atoms with E-state index in [0.29, 0.717) is 22.5 Å². The van der Waals surface area contributed by atoms with Crippen molar-refractivity contribution in [3.63, 3.8) is 0 Å². The van der Waals surface area contributed by atoms with Crippen molar-refractivity contribution in [2.45, 2.75) is 6.92 Å². The zero-order valence-corrected chi connectivity index (χ0v) is 14.2. The third kappa shape index (κ3) is 2.90. The Hall–Kier alpha value is -3.61. The van der Waals surface area contributed by atoms with Crippen molar-refractivity contribution in [1.82, 2.24) is 14.8 Å². The van der Waals surface area contributed by atoms with E-state index in [4.69, 9.17) is 4.42 Å². The van der Waals surface area contributed by atoms with Crippen molar-refractivity contribution in [2.24, 2.45) is 7.05 Å². The molecule has 0 unspecified atom stereocenters. The van der Waals surface area contributed by atoms with E-state index in [2.05, 4.69) is 15.4 Å². The Morgan fingerprint density at radius 2 is 1.92 bits per heavy atom. The monoisotopic (exact) mass is 348 g/mol. The van der Waals surface area contributed by atoms with Crippen molar-refractivity contribution >= 4 is 22.7 Å². The van der Waals surface area contributed by atoms with Gasteiger partial charge in [0.1, 0.15) is 0 Å². The summed E-state index contributed by atoms with van der Waals surface area (Å²) in [6.45, 7) is 2.02. The molecule has 2 aromatic carbocycles. The maximum Gasteiger partial charge on any atom is 0.417 e. The number of benzene rings is 2. The minimum Gasteiger partial charge on any atom is -0.408 e. The molecule has 0 fully saturated rings. The van der Waals surface area contributed by atoms with Crippen LogP contribution in [0.15, 0.2) is 57.7 Å². The zero-order valence-electron chi connectivity index (χ0n) is 14.2. The van der Waals surface area contributed by atoms with Gasteiger partial charge in [-0.05, 0) is 30.7 Å². The standard InChI is InChI=1S/C19H16N4O3/c1-11-3-5-12(6-4-11)16-10-15(22-23(16)2)18(24)20-13-7-8-14-17(9-13)26-19(25)21-14/h3-10H,1-2H3,(H,20,24)(H,21,25). The van der Waals surface area contributed by atoms with Crippen molar-refractivity contribution < 1.29 is 9.21 Å². The number of carbonyl (C=O) groups excluding carboxylic acids is 1. The summed E-state index contributed by atoms with van der Waals surface area (Å²) in [5, 5.41) is 7.07. The number of hydrogen-bond donors (Lipinski definition) is 2. The van der Waals surface area contributed by atoms with Gasteiger partial charge in [-0.1, -0.05) is 29.8 Å². The summed E-state index contributed by atoms with van der Waals surface area (Å²) in [5.74, 6) is -0.868. The number of hydrogen-bond acceptors (Lipinski definition) is 4. The van der Waals surface area contributed by atoms with Crippen molar-refractivity contribution in [3.8, 4) is 11.3 Å². The summed E-state index contributed by atoms with van der Waals surface area (Å²) < 4.78 is 6.68. The van der Waals surface area contributed by atoms with Gasteiger partial charge in [-0.2, -0.15) is 5.10 Å². The second-order valence-corrected chi connectivity index (χ2v) is 6.08. The summed E-state index contributed by atoms with van der Waals surface area (Å²) in [4.78, 5) is 26.3. The summed E-state index contributed by atoms with van der Waals surface area (Å²) in [7, 11) is 1.80. The van der Waals surface area contributed by atoms with Crippen LogP contribution in [0, 0.1) is 6.92 Å². The van der Waals surface area contributed by atoms with Crippen molar-refractivity contribution in [3.05, 3.63) is 70.3 Å². The van der Waals surface area contributed by atoms with Crippen LogP contribution in [-0.4, -0.2) is 20.7 Å². The fourth-order valence-electron chi connectivity index (χ4n) is 2.79. The number of H-pyrrole nitrogens is 1. The van der Waals surface area contributed by atoms with Gasteiger partial charge < -0.3 is 9.73 Å². The number of nitrogens with one attached hydrogen (secondary N) is 2. The topological polar surface area (TPSA) is 92.9 Å². The molecule has 0 radical (unpaired) electrons. The molecular formula is C19H16N4O3. The van der Waals surface area contributed by atoms with E-state index in [1.54, 1.807) is 36.0 Å². The molecule has 0 aliphatic carbocycles. The molecule has 0 spiro atoms. The molecule has 2 heterocycles. The second-order valence-electron chi connectivity index (χ2n) is 6.08. The third-order valence-electron chi connectivity index (χ3n) is 4.14. The number of amides is 1. The highest BCUT2D eigenvalue weighted by Gasteiger charge is 2.15. The maximum atomic E-state index is 12.5. The van der Waals surface area contributed by atoms with E-state index in [-0.39, 0.29) is 5.91 Å². The van der Waals surface area contributed by atoms with Gasteiger partial charge in [0.05, 0.1) is 11.2 Å². The molecule has 4 rings (SSSR count). The number of rotatable bonds is 3. The van der Waals surface area contributed by atoms with Crippen LogP contribution in [0.5, 0.6) is 0 Å². The Labute approximate surface area is 148 Å². The number of oxazole rings is 1. The molecule has 0 saturated carbocycles. The van der Waals surface area contributed by atoms with E-state index >= 15 is 0 Å². The van der Waals surface area contributed by atoms with Crippen LogP contribution < -0.4 is 11.1 Å². The molecule has 26 heavy (non-hydrogen) atoms. The molecule has 4 aromatic rings. The Morgan fingerprint density at radius 1 is 1.15 bits per heavy atom. The molecule has 2 aromatic heterocycles. The fraction of sp³-hybridized carbons (Fsp3) is 0.105. The number of fused-ring (bicyclic) bond motifs is 1. The molecule has 1 amide bonds. The number of anilines is 1. The lowest BCUT2D eigenvalue weighted by atomic mass is 10.1. The molecule has 7 heteroatoms. The third-order valence-corrected chi connectivity index (χ3v) is 4.14. The summed E-state index contributed by atoms with van der Waals surface area (Å²) in [6, 6.07) is 14.7. The molecule has 0 saturated heterocycles. The van der Waals surface area contributed by atoms with E-state index in [9.17, 15) is 9.59 Å². The van der Waals surface area contributed by atoms with E-state index < -0.39 is 5.76 Å². The number of aromatic amines is 1. The van der Waals surface area contributed by atoms with Gasteiger partial charge >= 0.3 is 5.76 Å². The summed E-state index contributed by atoms with van der Waals surface area (Å²) in [5.41, 5.74) is 4.79. The minimum atomic E-state index is -0.532. The summed E-state index contributed by atoms with van der Waals surface area (Å²) >= 11 is 0. The molecule has 2 N–H and O–H groups in total. The lowest BCUT2D eigenvalue weighted by molar-refractivity contribution is 0.102. The quantitative estimate of drug-likeness (QED) is 0.595. The smallest absolute Gasteiger partial charge is 0.408 e. The molecule has 0 aliphatic heterocycles. The Kier molecular flexibility index (Phi) is 3.69. The number of aryl methyl sites for hydroxylation is 2. The molecule has 7 nitrogen and oxygen atoms in total. The number of aromatic nitrogens is 3. The highest BCUT2D eigenvalue weighted by molar-refractivity contribution is 6.04. The van der Waals surface area contributed by atoms with Crippen LogP contribution in [0.25, 0.3) is 22.4 Å². The Morgan fingerprint density at radius 3 is 2.69 bits per heavy atom. The Bertz CT molecular complexity index is 1170. The minimum absolute atomic E-state index is 0.304. The van der Waals surface area contributed by atoms with Gasteiger partial charge in [0.25, 0.3) is 5.91 Å². The van der Waals surface area contributed by atoms with Gasteiger partial charge in [0.2, 0.25) is 0 Å². The molecular weight excluding hydrogens is 332 g/mol. The molecule has 0 atom stereocenters. The van der Waals surface area contributed by atoms with Crippen LogP contribution in [0.2, 0.25) is 0 Å². The normalized spacial score (nSPS) is 11.0. The zero-order chi connectivity index (χ0) is 18.3. The highest BCUT2D eigenvalue weighted by atomic mass is 16.4. The Balaban J connectivity index is 1.60. The van der Waals surface area contributed by atoms with Crippen LogP contribution >= 0.6 is 0 Å². The van der Waals surface area contributed by atoms with Gasteiger partial charge in [0.15, 0.2) is 11.3 Å². The predicted octanol–water partition coefficient (Wildman–Crippen LogP) is 3.08. The second kappa shape index (κ2) is 6.03. The van der Waals surface area contributed by atoms with Crippen LogP contribution in [0.1, 0.15) is 16.1 Å². The average Bonchev–Trinajstić information content (AvgIpc) is 3.17. The van der Waals surface area contributed by atoms with Crippen LogP contribution in [0.4, 0.5) is 5.69 Å². The van der Waals surface area contributed by atoms with Crippen LogP contribution in [0.3, 0.4) is 0 Å². The first kappa shape index (κ1) is 15.9. The SMILES string of the molecule is Cc1ccc(-c2cc(C(=O)Nc3ccc4[nH]c(=O)oc4c3)nn2C)cc1. The largest absolute Gasteiger partial charge is 0.417 e. The fourth-order valence-corrected chi connectivity index (χ4v) is 2.79. The van der Waals surface area contributed by atoms with Gasteiger partial charge in [-0.3, -0.25) is 14.5 Å². The van der Waals surface area contributed by atoms with Crippen molar-refractivity contribution in [2.75, 3.05) is 5.32 Å². The molecule has 130 valence electrons. The van der Waals surface area contributed by atoms with Crippen molar-refractivity contribution in [1.29, 1.82) is 0 Å². The lowest BCUT2D eigenvalue weighted by Gasteiger charge is -2.02. The first-order valence-corrected chi connectivity index (χ1v) is 8.05. The maximum absolute atomic E-state index is 12.5. The molecule has 0 bridgehead atoms. The van der Waals surface area contributed by atoms with E-state index in [1.807, 2.05) is 31.2 Å². The van der Waals surface area contributed by atoms with Crippen LogP contribution in [-0.2, 0) is 7.05 Å². The number of carbonyl (C=O) groups is 1. The first-order valence-electron chi connectivity index (χ1n) is 8.05. The first-order chi connectivity index (χ1) is 12.5. The average molecular weight is 348 g/mol.